The number of hydrogen-bond donors (Lipinski definition) is 2. The first-order chi connectivity index (χ1) is 26.1. The predicted octanol–water partition coefficient (Wildman–Crippen LogP) is 12.2. The van der Waals surface area contributed by atoms with Crippen LogP contribution in [0.2, 0.25) is 0 Å². The maximum absolute atomic E-state index is 6.88. The molecule has 0 unspecified atom stereocenters. The Kier molecular flexibility index (Phi) is 8.75. The largest absolute Gasteiger partial charge is 0.399 e. The van der Waals surface area contributed by atoms with Crippen molar-refractivity contribution in [1.82, 2.24) is 14.0 Å². The number of aromatic nitrogens is 3. The van der Waals surface area contributed by atoms with Crippen molar-refractivity contribution in [2.24, 2.45) is 5.73 Å². The molecule has 0 fully saturated rings. The van der Waals surface area contributed by atoms with Crippen molar-refractivity contribution in [2.45, 2.75) is 13.3 Å². The number of pyridine rings is 1. The Balaban J connectivity index is 0.000000397. The normalized spacial score (nSPS) is 12.1. The zero-order valence-corrected chi connectivity index (χ0v) is 29.6. The SMILES string of the molecule is C/C=C(\N)c1cc(-c2ccccc2)cc(-n2c3ccccc3c3ccc4c(nc5c6ccccc6c6ccccc6n45)c32)c1.C=C/C=C(\C=N)CC=C. The van der Waals surface area contributed by atoms with Gasteiger partial charge in [-0.05, 0) is 83.5 Å². The summed E-state index contributed by atoms with van der Waals surface area (Å²) in [5, 5.41) is 12.8. The maximum atomic E-state index is 6.88. The third-order valence-corrected chi connectivity index (χ3v) is 9.89. The minimum absolute atomic E-state index is 0.746. The van der Waals surface area contributed by atoms with Crippen LogP contribution in [0.1, 0.15) is 18.9 Å². The number of allylic oxidation sites excluding steroid dienone is 5. The van der Waals surface area contributed by atoms with Gasteiger partial charge in [0.1, 0.15) is 11.2 Å². The Morgan fingerprint density at radius 2 is 1.36 bits per heavy atom. The molecule has 9 aromatic rings. The summed E-state index contributed by atoms with van der Waals surface area (Å²) < 4.78 is 4.71. The molecular formula is C48H39N5. The van der Waals surface area contributed by atoms with E-state index in [1.165, 1.54) is 27.8 Å². The lowest BCUT2D eigenvalue weighted by Crippen LogP contribution is -2.01. The zero-order valence-electron chi connectivity index (χ0n) is 29.6. The van der Waals surface area contributed by atoms with Gasteiger partial charge in [0.15, 0.2) is 0 Å². The lowest BCUT2D eigenvalue weighted by Gasteiger charge is -2.14. The van der Waals surface area contributed by atoms with Crippen molar-refractivity contribution in [3.05, 3.63) is 182 Å². The summed E-state index contributed by atoms with van der Waals surface area (Å²) in [5.74, 6) is 0. The monoisotopic (exact) mass is 685 g/mol. The van der Waals surface area contributed by atoms with Crippen LogP contribution in [0.4, 0.5) is 0 Å². The molecule has 0 radical (unpaired) electrons. The van der Waals surface area contributed by atoms with Crippen molar-refractivity contribution in [2.75, 3.05) is 0 Å². The Labute approximate surface area is 308 Å². The van der Waals surface area contributed by atoms with Gasteiger partial charge < -0.3 is 15.7 Å². The summed E-state index contributed by atoms with van der Waals surface area (Å²) in [5.41, 5.74) is 19.0. The van der Waals surface area contributed by atoms with Gasteiger partial charge >= 0.3 is 0 Å². The fourth-order valence-corrected chi connectivity index (χ4v) is 7.46. The molecule has 0 saturated heterocycles. The van der Waals surface area contributed by atoms with Gasteiger partial charge in [0.25, 0.3) is 0 Å². The van der Waals surface area contributed by atoms with Crippen LogP contribution in [0.5, 0.6) is 0 Å². The van der Waals surface area contributed by atoms with Gasteiger partial charge in [0.2, 0.25) is 0 Å². The van der Waals surface area contributed by atoms with E-state index < -0.39 is 0 Å². The number of nitrogens with two attached hydrogens (primary N) is 1. The molecule has 0 amide bonds. The molecule has 5 nitrogen and oxygen atoms in total. The highest BCUT2D eigenvalue weighted by atomic mass is 15.1. The van der Waals surface area contributed by atoms with Crippen molar-refractivity contribution >= 4 is 72.1 Å². The van der Waals surface area contributed by atoms with E-state index in [0.717, 1.165) is 78.7 Å². The quantitative estimate of drug-likeness (QED) is 0.0758. The molecule has 3 aromatic heterocycles. The van der Waals surface area contributed by atoms with E-state index in [9.17, 15) is 0 Å². The summed E-state index contributed by atoms with van der Waals surface area (Å²) in [7, 11) is 0. The standard InChI is InChI=1S/C40H28N4.C8H11N/c1-2-34(41)27-22-26(25-12-4-3-5-13-25)23-28(24-27)43-35-18-10-9-16-31(35)32-20-21-37-38(39(32)43)42-40-33-17-7-6-14-29(33)30-15-8-11-19-36(30)44(37)40;1-3-5-8(7-9)6-4-2/h2-24H,41H2,1H3;3-5,7,9H,1-2,6H2/b34-2-;8-5-,9-7?. The second kappa shape index (κ2) is 14.0. The smallest absolute Gasteiger partial charge is 0.146 e. The number of para-hydroxylation sites is 2. The molecule has 0 aliphatic heterocycles. The first-order valence-electron chi connectivity index (χ1n) is 17.8. The molecule has 3 heterocycles. The fraction of sp³-hybridized carbons (Fsp3) is 0.0417. The van der Waals surface area contributed by atoms with Gasteiger partial charge in [-0.25, -0.2) is 4.98 Å². The van der Waals surface area contributed by atoms with E-state index >= 15 is 0 Å². The van der Waals surface area contributed by atoms with Crippen LogP contribution in [-0.4, -0.2) is 20.2 Å². The number of benzene rings is 6. The minimum atomic E-state index is 0.746. The highest BCUT2D eigenvalue weighted by Crippen LogP contribution is 2.40. The number of nitrogens with one attached hydrogen (secondary N) is 1. The second-order valence-corrected chi connectivity index (χ2v) is 13.0. The molecule has 5 heteroatoms. The van der Waals surface area contributed by atoms with Crippen LogP contribution in [0.15, 0.2) is 176 Å². The first-order valence-corrected chi connectivity index (χ1v) is 17.8. The van der Waals surface area contributed by atoms with Gasteiger partial charge in [-0.1, -0.05) is 122 Å². The molecule has 0 aliphatic rings. The Bertz CT molecular complexity index is 2940. The predicted molar refractivity (Wildman–Crippen MR) is 227 cm³/mol. The Morgan fingerprint density at radius 3 is 2.06 bits per heavy atom. The average molecular weight is 686 g/mol. The number of rotatable bonds is 7. The molecule has 53 heavy (non-hydrogen) atoms. The summed E-state index contributed by atoms with van der Waals surface area (Å²) in [6, 6.07) is 47.5. The van der Waals surface area contributed by atoms with E-state index in [2.05, 4.69) is 156 Å². The van der Waals surface area contributed by atoms with Crippen LogP contribution in [-0.2, 0) is 0 Å². The molecule has 0 aliphatic carbocycles. The minimum Gasteiger partial charge on any atom is -0.399 e. The van der Waals surface area contributed by atoms with E-state index in [4.69, 9.17) is 16.1 Å². The molecule has 0 saturated carbocycles. The zero-order chi connectivity index (χ0) is 36.5. The van der Waals surface area contributed by atoms with E-state index in [1.54, 1.807) is 18.2 Å². The number of nitrogens with zero attached hydrogens (tertiary/aromatic N) is 3. The third kappa shape index (κ3) is 5.69. The van der Waals surface area contributed by atoms with Gasteiger partial charge in [-0.2, -0.15) is 0 Å². The lowest BCUT2D eigenvalue weighted by atomic mass is 10.0. The van der Waals surface area contributed by atoms with E-state index in [-0.39, 0.29) is 0 Å². The molecule has 3 N–H and O–H groups in total. The van der Waals surface area contributed by atoms with Crippen LogP contribution in [0, 0.1) is 5.41 Å². The summed E-state index contributed by atoms with van der Waals surface area (Å²) in [4.78, 5) is 5.46. The Hall–Kier alpha value is -6.98. The topological polar surface area (TPSA) is 72.1 Å². The van der Waals surface area contributed by atoms with E-state index in [1.807, 2.05) is 13.0 Å². The van der Waals surface area contributed by atoms with Gasteiger partial charge in [0.05, 0.1) is 22.1 Å². The molecule has 0 spiro atoms. The molecule has 9 rings (SSSR count). The molecule has 0 atom stereocenters. The van der Waals surface area contributed by atoms with E-state index in [0.29, 0.717) is 0 Å². The average Bonchev–Trinajstić information content (AvgIpc) is 3.78. The third-order valence-electron chi connectivity index (χ3n) is 9.89. The molecule has 0 bridgehead atoms. The van der Waals surface area contributed by atoms with Gasteiger partial charge in [-0.15, -0.1) is 6.58 Å². The number of imidazole rings is 1. The lowest BCUT2D eigenvalue weighted by molar-refractivity contribution is 1.18. The second-order valence-electron chi connectivity index (χ2n) is 13.0. The van der Waals surface area contributed by atoms with Crippen LogP contribution in [0.3, 0.4) is 0 Å². The van der Waals surface area contributed by atoms with Crippen LogP contribution < -0.4 is 5.73 Å². The highest BCUT2D eigenvalue weighted by Gasteiger charge is 2.21. The molecule has 256 valence electrons. The summed E-state index contributed by atoms with van der Waals surface area (Å²) in [6.07, 6.45) is 9.26. The Morgan fingerprint density at radius 1 is 0.698 bits per heavy atom. The van der Waals surface area contributed by atoms with Crippen molar-refractivity contribution in [3.63, 3.8) is 0 Å². The first kappa shape index (κ1) is 33.2. The van der Waals surface area contributed by atoms with Crippen molar-refractivity contribution in [3.8, 4) is 16.8 Å². The molecule has 6 aromatic carbocycles. The highest BCUT2D eigenvalue weighted by molar-refractivity contribution is 6.20. The maximum Gasteiger partial charge on any atom is 0.146 e. The van der Waals surface area contributed by atoms with Crippen LogP contribution >= 0.6 is 0 Å². The summed E-state index contributed by atoms with van der Waals surface area (Å²) in [6.45, 7) is 9.05. The summed E-state index contributed by atoms with van der Waals surface area (Å²) >= 11 is 0. The van der Waals surface area contributed by atoms with Crippen LogP contribution in [0.25, 0.3) is 82.7 Å². The molecular weight excluding hydrogens is 647 g/mol. The van der Waals surface area contributed by atoms with Gasteiger partial charge in [0, 0.05) is 39.1 Å². The number of hydrogen-bond acceptors (Lipinski definition) is 3. The number of fused-ring (bicyclic) bond motifs is 12. The van der Waals surface area contributed by atoms with Gasteiger partial charge in [-0.3, -0.25) is 4.40 Å². The fourth-order valence-electron chi connectivity index (χ4n) is 7.46. The van der Waals surface area contributed by atoms with Crippen molar-refractivity contribution < 1.29 is 0 Å². The van der Waals surface area contributed by atoms with Crippen molar-refractivity contribution in [1.29, 1.82) is 5.41 Å².